The van der Waals surface area contributed by atoms with Gasteiger partial charge >= 0.3 is 0 Å². The average Bonchev–Trinajstić information content (AvgIpc) is 0.722. The third-order valence-corrected chi connectivity index (χ3v) is 0. The summed E-state index contributed by atoms with van der Waals surface area (Å²) in [6, 6.07) is 0. The molecule has 0 radical (unpaired) electrons. The number of hydrogen-bond acceptors (Lipinski definition) is 0. The van der Waals surface area contributed by atoms with Crippen molar-refractivity contribution in [2.45, 2.75) is 0 Å². The minimum atomic E-state index is 0. The standard InChI is InChI=1S/C4H12N.Cr.5HI/c1-5(2,3)4;;;;;;/h1-4H3;;5*1H/q+1;;;;;;. The van der Waals surface area contributed by atoms with E-state index >= 15 is 0 Å². The molecule has 0 bridgehead atoms. The number of quaternary nitrogens is 1. The van der Waals surface area contributed by atoms with Crippen LogP contribution in [-0.4, -0.2) is 32.7 Å². The summed E-state index contributed by atoms with van der Waals surface area (Å²) >= 11 is 0. The molecule has 0 rings (SSSR count). The second kappa shape index (κ2) is 23.7. The fourth-order valence-corrected chi connectivity index (χ4v) is 0. The van der Waals surface area contributed by atoms with Crippen LogP contribution in [0, 0.1) is 0 Å². The molecule has 0 saturated heterocycles. The second-order valence-corrected chi connectivity index (χ2v) is 2.68. The Morgan fingerprint density at radius 3 is 0.545 bits per heavy atom. The first-order valence-corrected chi connectivity index (χ1v) is 1.79. The number of hydrogen-bond donors (Lipinski definition) is 0. The summed E-state index contributed by atoms with van der Waals surface area (Å²) in [5.41, 5.74) is 0. The molecule has 0 unspecified atom stereocenters. The van der Waals surface area contributed by atoms with E-state index in [1.54, 1.807) is 0 Å². The summed E-state index contributed by atoms with van der Waals surface area (Å²) in [6.45, 7) is 0. The predicted octanol–water partition coefficient (Wildman–Crippen LogP) is 3.41. The van der Waals surface area contributed by atoms with E-state index in [2.05, 4.69) is 28.2 Å². The molecule has 0 aromatic carbocycles. The summed E-state index contributed by atoms with van der Waals surface area (Å²) in [5, 5.41) is 0. The van der Waals surface area contributed by atoms with Gasteiger partial charge in [0.2, 0.25) is 0 Å². The molecule has 0 N–H and O–H groups in total. The Labute approximate surface area is 166 Å². The van der Waals surface area contributed by atoms with Crippen LogP contribution in [0.4, 0.5) is 0 Å². The molecule has 0 aliphatic heterocycles. The molecule has 0 heterocycles. The molecule has 0 atom stereocenters. The van der Waals surface area contributed by atoms with Crippen LogP contribution in [0.2, 0.25) is 0 Å². The fraction of sp³-hybridized carbons (Fsp3) is 1.00. The zero-order chi connectivity index (χ0) is 4.50. The first-order chi connectivity index (χ1) is 2.00. The van der Waals surface area contributed by atoms with Crippen LogP contribution in [-0.2, 0) is 17.4 Å². The maximum Gasteiger partial charge on any atom is 0.0675 e. The van der Waals surface area contributed by atoms with Gasteiger partial charge in [0.25, 0.3) is 0 Å². The van der Waals surface area contributed by atoms with Crippen LogP contribution in [0.15, 0.2) is 0 Å². The van der Waals surface area contributed by atoms with Gasteiger partial charge in [-0.15, -0.1) is 120 Å². The van der Waals surface area contributed by atoms with Crippen molar-refractivity contribution in [3.8, 4) is 0 Å². The molecule has 0 saturated carbocycles. The van der Waals surface area contributed by atoms with E-state index in [9.17, 15) is 0 Å². The second-order valence-electron chi connectivity index (χ2n) is 2.68. The van der Waals surface area contributed by atoms with Crippen molar-refractivity contribution >= 4 is 120 Å². The zero-order valence-electron chi connectivity index (χ0n) is 6.90. The van der Waals surface area contributed by atoms with Crippen LogP contribution in [0.3, 0.4) is 0 Å². The minimum Gasteiger partial charge on any atom is -0.333 e. The van der Waals surface area contributed by atoms with Crippen LogP contribution < -0.4 is 0 Å². The Kier molecular flexibility index (Phi) is 98.6. The molecule has 7 heteroatoms. The SMILES string of the molecule is C[N+](C)(C)C.I.I.I.I.I.[Cr]. The Balaban J connectivity index is -0.00000000533. The van der Waals surface area contributed by atoms with Crippen LogP contribution in [0.1, 0.15) is 0 Å². The molecule has 0 aromatic rings. The predicted molar refractivity (Wildman–Crippen MR) is 101 cm³/mol. The number of rotatable bonds is 0. The third kappa shape index (κ3) is 122. The van der Waals surface area contributed by atoms with Crippen molar-refractivity contribution in [2.24, 2.45) is 0 Å². The topological polar surface area (TPSA) is 0 Å². The Bertz CT molecular complexity index is 34.0. The quantitative estimate of drug-likeness (QED) is 0.263. The molecule has 11 heavy (non-hydrogen) atoms. The van der Waals surface area contributed by atoms with Crippen molar-refractivity contribution in [1.82, 2.24) is 0 Å². The van der Waals surface area contributed by atoms with E-state index in [1.165, 1.54) is 0 Å². The molecular weight excluding hydrogens is 749 g/mol. The summed E-state index contributed by atoms with van der Waals surface area (Å²) in [4.78, 5) is 0. The van der Waals surface area contributed by atoms with Crippen LogP contribution in [0.5, 0.6) is 0 Å². The first-order valence-electron chi connectivity index (χ1n) is 1.79. The van der Waals surface area contributed by atoms with E-state index in [1.807, 2.05) is 0 Å². The van der Waals surface area contributed by atoms with Crippen molar-refractivity contribution in [3.05, 3.63) is 0 Å². The number of halogens is 5. The summed E-state index contributed by atoms with van der Waals surface area (Å²) < 4.78 is 1.00. The van der Waals surface area contributed by atoms with E-state index in [-0.39, 0.29) is 137 Å². The normalized spacial score (nSPS) is 5.45. The van der Waals surface area contributed by atoms with E-state index in [4.69, 9.17) is 0 Å². The van der Waals surface area contributed by atoms with Gasteiger partial charge in [0.15, 0.2) is 0 Å². The van der Waals surface area contributed by atoms with Crippen molar-refractivity contribution in [2.75, 3.05) is 28.2 Å². The van der Waals surface area contributed by atoms with Crippen molar-refractivity contribution in [1.29, 1.82) is 0 Å². The van der Waals surface area contributed by atoms with Gasteiger partial charge in [-0.25, -0.2) is 0 Å². The average molecular weight is 766 g/mol. The van der Waals surface area contributed by atoms with Gasteiger partial charge in [-0.3, -0.25) is 0 Å². The van der Waals surface area contributed by atoms with Gasteiger partial charge in [-0.2, -0.15) is 0 Å². The molecule has 0 aliphatic rings. The van der Waals surface area contributed by atoms with Crippen LogP contribution in [0.25, 0.3) is 0 Å². The molecule has 0 aliphatic carbocycles. The molecule has 78 valence electrons. The molecule has 0 aromatic heterocycles. The Morgan fingerprint density at radius 2 is 0.545 bits per heavy atom. The monoisotopic (exact) mass is 766 g/mol. The molecular formula is C4H17CrI5N+. The van der Waals surface area contributed by atoms with Gasteiger partial charge < -0.3 is 4.48 Å². The first kappa shape index (κ1) is 45.7. The van der Waals surface area contributed by atoms with Crippen LogP contribution >= 0.6 is 120 Å². The zero-order valence-corrected chi connectivity index (χ0v) is 19.8. The van der Waals surface area contributed by atoms with E-state index < -0.39 is 0 Å². The van der Waals surface area contributed by atoms with Crippen molar-refractivity contribution < 1.29 is 21.8 Å². The van der Waals surface area contributed by atoms with Gasteiger partial charge in [0, 0.05) is 17.4 Å². The maximum atomic E-state index is 2.12. The minimum absolute atomic E-state index is 0. The number of nitrogens with zero attached hydrogens (tertiary/aromatic N) is 1. The van der Waals surface area contributed by atoms with E-state index in [0.717, 1.165) is 4.48 Å². The molecule has 1 nitrogen and oxygen atoms in total. The third-order valence-electron chi connectivity index (χ3n) is 0. The smallest absolute Gasteiger partial charge is 0.0675 e. The Hall–Kier alpha value is 4.14. The maximum absolute atomic E-state index is 2.12. The Morgan fingerprint density at radius 1 is 0.545 bits per heavy atom. The molecule has 0 amide bonds. The van der Waals surface area contributed by atoms with Crippen molar-refractivity contribution in [3.63, 3.8) is 0 Å². The van der Waals surface area contributed by atoms with E-state index in [0.29, 0.717) is 0 Å². The van der Waals surface area contributed by atoms with Gasteiger partial charge in [-0.1, -0.05) is 0 Å². The molecule has 0 spiro atoms. The summed E-state index contributed by atoms with van der Waals surface area (Å²) in [5.74, 6) is 0. The largest absolute Gasteiger partial charge is 0.333 e. The summed E-state index contributed by atoms with van der Waals surface area (Å²) in [7, 11) is 8.50. The van der Waals surface area contributed by atoms with Gasteiger partial charge in [0.1, 0.15) is 0 Å². The van der Waals surface area contributed by atoms with Gasteiger partial charge in [0.05, 0.1) is 28.2 Å². The van der Waals surface area contributed by atoms with Gasteiger partial charge in [-0.05, 0) is 0 Å². The fourth-order valence-electron chi connectivity index (χ4n) is 0. The summed E-state index contributed by atoms with van der Waals surface area (Å²) in [6.07, 6.45) is 0. The molecule has 0 fully saturated rings.